The molecule has 0 saturated heterocycles. The van der Waals surface area contributed by atoms with E-state index in [1.165, 1.54) is 4.90 Å². The Balaban J connectivity index is 2.09. The molecule has 1 atom stereocenters. The molecule has 4 nitrogen and oxygen atoms in total. The molecule has 19 heavy (non-hydrogen) atoms. The third kappa shape index (κ3) is 4.34. The second-order valence-corrected chi connectivity index (χ2v) is 5.05. The Labute approximate surface area is 109 Å². The lowest BCUT2D eigenvalue weighted by atomic mass is 10.1. The van der Waals surface area contributed by atoms with Gasteiger partial charge in [0.05, 0.1) is 0 Å². The van der Waals surface area contributed by atoms with Gasteiger partial charge in [0.15, 0.2) is 0 Å². The van der Waals surface area contributed by atoms with E-state index in [0.29, 0.717) is 6.42 Å². The van der Waals surface area contributed by atoms with Gasteiger partial charge in [0.1, 0.15) is 6.54 Å². The molecule has 0 amide bonds. The number of hydrogen-bond donors (Lipinski definition) is 1. The minimum Gasteiger partial charge on any atom is -0.329 e. The van der Waals surface area contributed by atoms with Gasteiger partial charge in [0, 0.05) is 24.5 Å². The first kappa shape index (κ1) is 14.0. The van der Waals surface area contributed by atoms with E-state index in [1.807, 2.05) is 6.92 Å². The minimum atomic E-state index is -4.24. The van der Waals surface area contributed by atoms with Crippen LogP contribution in [0.1, 0.15) is 25.3 Å². The van der Waals surface area contributed by atoms with Gasteiger partial charge in [-0.1, -0.05) is 0 Å². The summed E-state index contributed by atoms with van der Waals surface area (Å²) in [6.07, 6.45) is 1.01. The molecule has 1 aliphatic carbocycles. The molecule has 1 aromatic heterocycles. The maximum Gasteiger partial charge on any atom is 0.406 e. The van der Waals surface area contributed by atoms with Crippen LogP contribution < -0.4 is 10.6 Å². The lowest BCUT2D eigenvalue weighted by Crippen LogP contribution is -2.37. The molecule has 1 fully saturated rings. The molecular formula is C12H17F3N4. The number of rotatable bonds is 5. The lowest BCUT2D eigenvalue weighted by Gasteiger charge is -2.23. The van der Waals surface area contributed by atoms with Crippen molar-refractivity contribution >= 4 is 5.95 Å². The van der Waals surface area contributed by atoms with Crippen molar-refractivity contribution in [1.29, 1.82) is 0 Å². The standard InChI is InChI=1S/C12H17F3N4/c1-8(16)4-9-5-17-11(18-6-9)19(10-2-3-10)7-12(13,14)15/h5-6,8,10H,2-4,7,16H2,1H3. The second-order valence-electron chi connectivity index (χ2n) is 5.05. The van der Waals surface area contributed by atoms with Crippen LogP contribution in [-0.4, -0.2) is 34.8 Å². The normalized spacial score (nSPS) is 17.3. The van der Waals surface area contributed by atoms with E-state index >= 15 is 0 Å². The molecule has 7 heteroatoms. The topological polar surface area (TPSA) is 55.0 Å². The van der Waals surface area contributed by atoms with Crippen LogP contribution in [0.5, 0.6) is 0 Å². The molecule has 2 rings (SSSR count). The van der Waals surface area contributed by atoms with Crippen molar-refractivity contribution in [3.8, 4) is 0 Å². The van der Waals surface area contributed by atoms with E-state index in [-0.39, 0.29) is 18.0 Å². The Bertz CT molecular complexity index is 412. The van der Waals surface area contributed by atoms with Gasteiger partial charge in [-0.3, -0.25) is 0 Å². The molecule has 1 unspecified atom stereocenters. The lowest BCUT2D eigenvalue weighted by molar-refractivity contribution is -0.120. The first-order chi connectivity index (χ1) is 8.85. The van der Waals surface area contributed by atoms with Gasteiger partial charge >= 0.3 is 6.18 Å². The highest BCUT2D eigenvalue weighted by molar-refractivity contribution is 5.34. The summed E-state index contributed by atoms with van der Waals surface area (Å²) in [7, 11) is 0. The van der Waals surface area contributed by atoms with E-state index < -0.39 is 12.7 Å². The molecule has 1 aromatic rings. The van der Waals surface area contributed by atoms with Crippen LogP contribution in [0.25, 0.3) is 0 Å². The zero-order chi connectivity index (χ0) is 14.0. The van der Waals surface area contributed by atoms with Gasteiger partial charge in [-0.05, 0) is 31.7 Å². The summed E-state index contributed by atoms with van der Waals surface area (Å²) in [5.41, 5.74) is 6.48. The molecule has 0 aromatic carbocycles. The first-order valence-corrected chi connectivity index (χ1v) is 6.25. The van der Waals surface area contributed by atoms with E-state index in [4.69, 9.17) is 5.73 Å². The van der Waals surface area contributed by atoms with Gasteiger partial charge in [0.2, 0.25) is 5.95 Å². The molecule has 0 spiro atoms. The Hall–Kier alpha value is -1.37. The van der Waals surface area contributed by atoms with Crippen LogP contribution in [0, 0.1) is 0 Å². The fourth-order valence-corrected chi connectivity index (χ4v) is 1.92. The molecule has 0 radical (unpaired) electrons. The molecule has 1 saturated carbocycles. The largest absolute Gasteiger partial charge is 0.406 e. The Kier molecular flexibility index (Phi) is 3.93. The average molecular weight is 274 g/mol. The Morgan fingerprint density at radius 1 is 1.37 bits per heavy atom. The van der Waals surface area contributed by atoms with Crippen molar-refractivity contribution in [3.63, 3.8) is 0 Å². The number of aromatic nitrogens is 2. The predicted octanol–water partition coefficient (Wildman–Crippen LogP) is 1.90. The summed E-state index contributed by atoms with van der Waals surface area (Å²) in [5, 5.41) is 0. The molecule has 2 N–H and O–H groups in total. The van der Waals surface area contributed by atoms with Gasteiger partial charge in [-0.25, -0.2) is 9.97 Å². The van der Waals surface area contributed by atoms with Gasteiger partial charge < -0.3 is 10.6 Å². The summed E-state index contributed by atoms with van der Waals surface area (Å²) in [5.74, 6) is 0.147. The highest BCUT2D eigenvalue weighted by Gasteiger charge is 2.39. The van der Waals surface area contributed by atoms with Crippen LogP contribution in [0.15, 0.2) is 12.4 Å². The third-order valence-corrected chi connectivity index (χ3v) is 2.84. The quantitative estimate of drug-likeness (QED) is 0.891. The van der Waals surface area contributed by atoms with E-state index in [1.54, 1.807) is 12.4 Å². The highest BCUT2D eigenvalue weighted by atomic mass is 19.4. The van der Waals surface area contributed by atoms with Crippen molar-refractivity contribution in [1.82, 2.24) is 9.97 Å². The maximum atomic E-state index is 12.5. The van der Waals surface area contributed by atoms with Crippen LogP contribution in [0.2, 0.25) is 0 Å². The summed E-state index contributed by atoms with van der Waals surface area (Å²) in [6, 6.07) is -0.106. The van der Waals surface area contributed by atoms with Crippen LogP contribution in [-0.2, 0) is 6.42 Å². The molecule has 0 aliphatic heterocycles. The van der Waals surface area contributed by atoms with Crippen molar-refractivity contribution < 1.29 is 13.2 Å². The summed E-state index contributed by atoms with van der Waals surface area (Å²) in [4.78, 5) is 9.31. The summed E-state index contributed by atoms with van der Waals surface area (Å²) in [6.45, 7) is 0.859. The Morgan fingerprint density at radius 3 is 2.37 bits per heavy atom. The predicted molar refractivity (Wildman–Crippen MR) is 65.8 cm³/mol. The van der Waals surface area contributed by atoms with E-state index in [0.717, 1.165) is 18.4 Å². The van der Waals surface area contributed by atoms with E-state index in [9.17, 15) is 13.2 Å². The summed E-state index contributed by atoms with van der Waals surface area (Å²) >= 11 is 0. The monoisotopic (exact) mass is 274 g/mol. The number of anilines is 1. The van der Waals surface area contributed by atoms with Gasteiger partial charge in [-0.2, -0.15) is 13.2 Å². The van der Waals surface area contributed by atoms with Crippen LogP contribution in [0.4, 0.5) is 19.1 Å². The Morgan fingerprint density at radius 2 is 1.95 bits per heavy atom. The van der Waals surface area contributed by atoms with E-state index in [2.05, 4.69) is 9.97 Å². The number of nitrogens with zero attached hydrogens (tertiary/aromatic N) is 3. The fraction of sp³-hybridized carbons (Fsp3) is 0.667. The number of hydrogen-bond acceptors (Lipinski definition) is 4. The van der Waals surface area contributed by atoms with Crippen molar-refractivity contribution in [2.75, 3.05) is 11.4 Å². The number of alkyl halides is 3. The van der Waals surface area contributed by atoms with Gasteiger partial charge in [0.25, 0.3) is 0 Å². The summed E-state index contributed by atoms with van der Waals surface area (Å²) < 4.78 is 37.6. The van der Waals surface area contributed by atoms with Crippen LogP contribution in [0.3, 0.4) is 0 Å². The fourth-order valence-electron chi connectivity index (χ4n) is 1.92. The smallest absolute Gasteiger partial charge is 0.329 e. The SMILES string of the molecule is CC(N)Cc1cnc(N(CC(F)(F)F)C2CC2)nc1. The molecular weight excluding hydrogens is 257 g/mol. The van der Waals surface area contributed by atoms with Crippen LogP contribution >= 0.6 is 0 Å². The zero-order valence-corrected chi connectivity index (χ0v) is 10.7. The number of nitrogens with two attached hydrogens (primary N) is 1. The molecule has 1 heterocycles. The van der Waals surface area contributed by atoms with Crippen molar-refractivity contribution in [2.24, 2.45) is 5.73 Å². The maximum absolute atomic E-state index is 12.5. The number of halogens is 3. The molecule has 1 aliphatic rings. The average Bonchev–Trinajstić information content (AvgIpc) is 3.09. The highest BCUT2D eigenvalue weighted by Crippen LogP contribution is 2.32. The minimum absolute atomic E-state index is 0.0239. The second kappa shape index (κ2) is 5.32. The third-order valence-electron chi connectivity index (χ3n) is 2.84. The first-order valence-electron chi connectivity index (χ1n) is 6.25. The van der Waals surface area contributed by atoms with Gasteiger partial charge in [-0.15, -0.1) is 0 Å². The van der Waals surface area contributed by atoms with Crippen molar-refractivity contribution in [3.05, 3.63) is 18.0 Å². The van der Waals surface area contributed by atoms with Crippen molar-refractivity contribution in [2.45, 2.75) is 44.4 Å². The zero-order valence-electron chi connectivity index (χ0n) is 10.7. The molecule has 0 bridgehead atoms. The molecule has 106 valence electrons.